The van der Waals surface area contributed by atoms with Gasteiger partial charge in [-0.15, -0.1) is 0 Å². The zero-order valence-corrected chi connectivity index (χ0v) is 34.8. The molecule has 10 nitrogen and oxygen atoms in total. The third-order valence-corrected chi connectivity index (χ3v) is 15.7. The Bertz CT molecular complexity index is 1540. The SMILES string of the molecule is COc1ccc(CO[C@H]2C[C@H]3C/C=C/C(=O)C[C@@H](c4coc(/C=C(/C)[C@@H](C)OC)n4)OC(=O)[C@@H](C)C[C@H](C)[C@@H](O[Si](C)(C)C(C)(C)C)C[C@@H](C2)O3)cc1. The maximum Gasteiger partial charge on any atom is 0.309 e. The first-order valence-corrected chi connectivity index (χ1v) is 22.0. The Balaban J connectivity index is 1.62. The molecule has 0 unspecified atom stereocenters. The minimum Gasteiger partial charge on any atom is -0.497 e. The molecule has 2 aromatic rings. The number of methoxy groups -OCH3 is 2. The van der Waals surface area contributed by atoms with Crippen LogP contribution in [0.4, 0.5) is 0 Å². The number of aromatic nitrogens is 1. The number of rotatable bonds is 10. The number of allylic oxidation sites excluding steroid dienone is 1. The van der Waals surface area contributed by atoms with Crippen molar-refractivity contribution in [2.45, 2.75) is 148 Å². The molecule has 4 rings (SSSR count). The number of cyclic esters (lactones) is 1. The summed E-state index contributed by atoms with van der Waals surface area (Å²) in [6.07, 6.45) is 8.39. The molecule has 1 saturated heterocycles. The van der Waals surface area contributed by atoms with Gasteiger partial charge < -0.3 is 32.5 Å². The van der Waals surface area contributed by atoms with Crippen molar-refractivity contribution in [2.75, 3.05) is 14.2 Å². The fourth-order valence-electron chi connectivity index (χ4n) is 6.54. The van der Waals surface area contributed by atoms with Crippen molar-refractivity contribution in [3.05, 3.63) is 65.4 Å². The van der Waals surface area contributed by atoms with Gasteiger partial charge in [-0.1, -0.05) is 52.8 Å². The number of nitrogens with zero attached hydrogens (tertiary/aromatic N) is 1. The van der Waals surface area contributed by atoms with Crippen LogP contribution in [0.2, 0.25) is 18.1 Å². The molecule has 1 aromatic carbocycles. The summed E-state index contributed by atoms with van der Waals surface area (Å²) in [5.41, 5.74) is 2.39. The first-order chi connectivity index (χ1) is 25.0. The van der Waals surface area contributed by atoms with Gasteiger partial charge in [-0.25, -0.2) is 4.98 Å². The lowest BCUT2D eigenvalue weighted by molar-refractivity contribution is -0.156. The van der Waals surface area contributed by atoms with Gasteiger partial charge in [0.1, 0.15) is 17.7 Å². The zero-order valence-electron chi connectivity index (χ0n) is 33.8. The van der Waals surface area contributed by atoms with Gasteiger partial charge in [-0.3, -0.25) is 9.59 Å². The number of benzene rings is 1. The summed E-state index contributed by atoms with van der Waals surface area (Å²) in [4.78, 5) is 31.7. The van der Waals surface area contributed by atoms with Crippen molar-refractivity contribution in [1.29, 1.82) is 0 Å². The quantitative estimate of drug-likeness (QED) is 0.172. The second-order valence-electron chi connectivity index (χ2n) is 16.5. The van der Waals surface area contributed by atoms with Gasteiger partial charge in [-0.05, 0) is 92.9 Å². The van der Waals surface area contributed by atoms with E-state index in [1.807, 2.05) is 51.1 Å². The first-order valence-electron chi connectivity index (χ1n) is 19.1. The molecular formula is C42H63NO9Si. The summed E-state index contributed by atoms with van der Waals surface area (Å²) in [7, 11) is 1.10. The van der Waals surface area contributed by atoms with E-state index >= 15 is 0 Å². The molecule has 294 valence electrons. The summed E-state index contributed by atoms with van der Waals surface area (Å²) >= 11 is 0. The minimum absolute atomic E-state index is 0.00280. The van der Waals surface area contributed by atoms with Crippen molar-refractivity contribution in [3.63, 3.8) is 0 Å². The van der Waals surface area contributed by atoms with E-state index in [4.69, 9.17) is 32.5 Å². The van der Waals surface area contributed by atoms with Crippen LogP contribution in [-0.2, 0) is 39.6 Å². The van der Waals surface area contributed by atoms with Crippen LogP contribution in [0.5, 0.6) is 5.75 Å². The number of oxazole rings is 1. The second-order valence-corrected chi connectivity index (χ2v) is 21.3. The van der Waals surface area contributed by atoms with Crippen LogP contribution in [0.25, 0.3) is 6.08 Å². The maximum absolute atomic E-state index is 13.7. The van der Waals surface area contributed by atoms with E-state index in [0.717, 1.165) is 23.3 Å². The largest absolute Gasteiger partial charge is 0.497 e. The Morgan fingerprint density at radius 1 is 1.04 bits per heavy atom. The van der Waals surface area contributed by atoms with Crippen molar-refractivity contribution < 1.29 is 42.1 Å². The molecule has 0 N–H and O–H groups in total. The Labute approximate surface area is 318 Å². The predicted molar refractivity (Wildman–Crippen MR) is 208 cm³/mol. The van der Waals surface area contributed by atoms with Crippen LogP contribution in [-0.4, -0.2) is 69.8 Å². The van der Waals surface area contributed by atoms with Gasteiger partial charge in [0.25, 0.3) is 0 Å². The highest BCUT2D eigenvalue weighted by Gasteiger charge is 2.42. The Morgan fingerprint density at radius 2 is 1.74 bits per heavy atom. The van der Waals surface area contributed by atoms with Gasteiger partial charge in [0.05, 0.1) is 56.6 Å². The molecule has 0 amide bonds. The van der Waals surface area contributed by atoms with E-state index in [9.17, 15) is 9.59 Å². The minimum atomic E-state index is -2.20. The summed E-state index contributed by atoms with van der Waals surface area (Å²) < 4.78 is 43.0. The van der Waals surface area contributed by atoms with Gasteiger partial charge in [-0.2, -0.15) is 0 Å². The Kier molecular flexibility index (Phi) is 15.3. The highest BCUT2D eigenvalue weighted by molar-refractivity contribution is 6.74. The van der Waals surface area contributed by atoms with Crippen LogP contribution < -0.4 is 4.74 Å². The summed E-state index contributed by atoms with van der Waals surface area (Å²) in [5, 5.41) is 0.00280. The maximum atomic E-state index is 13.7. The third-order valence-electron chi connectivity index (χ3n) is 11.2. The number of fused-ring (bicyclic) bond motifs is 2. The van der Waals surface area contributed by atoms with Gasteiger partial charge >= 0.3 is 5.97 Å². The third kappa shape index (κ3) is 12.5. The molecule has 0 saturated carbocycles. The van der Waals surface area contributed by atoms with Crippen molar-refractivity contribution >= 4 is 26.1 Å². The number of carbonyl (C=O) groups is 2. The van der Waals surface area contributed by atoms with E-state index in [1.165, 1.54) is 6.26 Å². The van der Waals surface area contributed by atoms with Gasteiger partial charge in [0.2, 0.25) is 5.89 Å². The van der Waals surface area contributed by atoms with Crippen LogP contribution in [0.3, 0.4) is 0 Å². The highest BCUT2D eigenvalue weighted by atomic mass is 28.4. The monoisotopic (exact) mass is 753 g/mol. The molecule has 1 aromatic heterocycles. The van der Waals surface area contributed by atoms with Crippen molar-refractivity contribution in [3.8, 4) is 5.75 Å². The molecule has 11 heteroatoms. The standard InChI is InChI=1S/C42H63NO9Si/c1-27(30(4)46-8)20-40-43-37(26-49-40)39-21-32(44)13-12-14-34-22-35(48-25-31-15-17-33(47-9)18-16-31)23-36(50-34)24-38(52-53(10,11)42(5,6)7)28(2)19-29(3)41(45)51-39/h12-13,15-18,20,26,28-30,34-36,38-39H,14,19,21-25H2,1-11H3/b13-12+,27-20-/t28-,29-,30+,34+,35-,36+,38-,39-/m0/s1. The molecule has 8 atom stereocenters. The van der Waals surface area contributed by atoms with Crippen molar-refractivity contribution in [2.24, 2.45) is 11.8 Å². The summed E-state index contributed by atoms with van der Waals surface area (Å²) in [6, 6.07) is 7.93. The summed E-state index contributed by atoms with van der Waals surface area (Å²) in [5.74, 6) is 0.171. The van der Waals surface area contributed by atoms with Gasteiger partial charge in [0, 0.05) is 19.6 Å². The second kappa shape index (κ2) is 19.0. The molecule has 2 aliphatic heterocycles. The molecule has 0 spiro atoms. The number of hydrogen-bond acceptors (Lipinski definition) is 10. The van der Waals surface area contributed by atoms with E-state index in [2.05, 4.69) is 45.8 Å². The molecule has 1 fully saturated rings. The molecule has 2 aliphatic rings. The fourth-order valence-corrected chi connectivity index (χ4v) is 7.97. The fraction of sp³-hybridized carbons (Fsp3) is 0.643. The van der Waals surface area contributed by atoms with Crippen LogP contribution in [0.1, 0.15) is 110 Å². The van der Waals surface area contributed by atoms with E-state index in [-0.39, 0.29) is 59.6 Å². The predicted octanol–water partition coefficient (Wildman–Crippen LogP) is 9.20. The molecule has 53 heavy (non-hydrogen) atoms. The lowest BCUT2D eigenvalue weighted by atomic mass is 9.87. The molecule has 0 radical (unpaired) electrons. The topological polar surface area (TPSA) is 116 Å². The first kappa shape index (κ1) is 42.6. The number of carbonyl (C=O) groups excluding carboxylic acids is 2. The van der Waals surface area contributed by atoms with Gasteiger partial charge in [0.15, 0.2) is 20.2 Å². The van der Waals surface area contributed by atoms with E-state index < -0.39 is 20.3 Å². The average molecular weight is 754 g/mol. The van der Waals surface area contributed by atoms with E-state index in [1.54, 1.807) is 26.4 Å². The molecular weight excluding hydrogens is 691 g/mol. The molecule has 0 aliphatic carbocycles. The normalized spacial score (nSPS) is 28.3. The number of esters is 1. The Morgan fingerprint density at radius 3 is 2.40 bits per heavy atom. The van der Waals surface area contributed by atoms with Crippen LogP contribution in [0.15, 0.2) is 52.7 Å². The average Bonchev–Trinajstić information content (AvgIpc) is 3.57. The molecule has 3 heterocycles. The van der Waals surface area contributed by atoms with Crippen LogP contribution in [0, 0.1) is 11.8 Å². The smallest absolute Gasteiger partial charge is 0.309 e. The highest BCUT2D eigenvalue weighted by Crippen LogP contribution is 2.40. The number of hydrogen-bond donors (Lipinski definition) is 0. The Hall–Kier alpha value is -3.09. The van der Waals surface area contributed by atoms with E-state index in [0.29, 0.717) is 43.9 Å². The number of ketones is 1. The summed E-state index contributed by atoms with van der Waals surface area (Å²) in [6.45, 7) is 19.7. The lowest BCUT2D eigenvalue weighted by Crippen LogP contribution is -2.48. The zero-order chi connectivity index (χ0) is 38.9. The number of ether oxygens (including phenoxy) is 5. The lowest BCUT2D eigenvalue weighted by Gasteiger charge is -2.43. The van der Waals surface area contributed by atoms with Crippen molar-refractivity contribution in [1.82, 2.24) is 4.98 Å². The molecule has 2 bridgehead atoms. The van der Waals surface area contributed by atoms with Crippen LogP contribution >= 0.6 is 0 Å².